The molecule has 110 valence electrons. The maximum Gasteiger partial charge on any atom is 0.241 e. The van der Waals surface area contributed by atoms with Crippen LogP contribution in [0.25, 0.3) is 0 Å². The zero-order chi connectivity index (χ0) is 15.2. The van der Waals surface area contributed by atoms with Gasteiger partial charge < -0.3 is 15.8 Å². The number of anilines is 1. The number of aryl methyl sites for hydroxylation is 1. The third-order valence-electron chi connectivity index (χ3n) is 3.14. The van der Waals surface area contributed by atoms with Crippen LogP contribution in [0.3, 0.4) is 0 Å². The molecule has 0 aromatic heterocycles. The van der Waals surface area contributed by atoms with Crippen LogP contribution >= 0.6 is 0 Å². The maximum atomic E-state index is 11.9. The van der Waals surface area contributed by atoms with Crippen LogP contribution in [0.5, 0.6) is 11.5 Å². The molecule has 0 aliphatic rings. The minimum atomic E-state index is -0.517. The van der Waals surface area contributed by atoms with Crippen molar-refractivity contribution >= 4 is 11.6 Å². The maximum absolute atomic E-state index is 11.9. The Morgan fingerprint density at radius 2 is 2.00 bits per heavy atom. The van der Waals surface area contributed by atoms with E-state index in [1.807, 2.05) is 56.3 Å². The molecule has 0 heterocycles. The number of benzene rings is 2. The molecule has 0 spiro atoms. The van der Waals surface area contributed by atoms with Gasteiger partial charge in [0.1, 0.15) is 5.75 Å². The highest BCUT2D eigenvalue weighted by atomic mass is 16.5. The SMILES string of the molecule is CC[C@H](N)C(=O)Nc1ccccc1Oc1cccc(C)c1. The molecule has 0 aliphatic heterocycles. The van der Waals surface area contributed by atoms with Gasteiger partial charge in [0, 0.05) is 0 Å². The van der Waals surface area contributed by atoms with Gasteiger partial charge in [0.25, 0.3) is 0 Å². The van der Waals surface area contributed by atoms with E-state index in [1.165, 1.54) is 0 Å². The summed E-state index contributed by atoms with van der Waals surface area (Å²) in [6.45, 7) is 3.88. The van der Waals surface area contributed by atoms with Gasteiger partial charge in [-0.3, -0.25) is 4.79 Å². The molecule has 0 radical (unpaired) electrons. The predicted octanol–water partition coefficient (Wildman–Crippen LogP) is 3.46. The summed E-state index contributed by atoms with van der Waals surface area (Å²) in [7, 11) is 0. The Morgan fingerprint density at radius 1 is 1.24 bits per heavy atom. The van der Waals surface area contributed by atoms with Gasteiger partial charge in [-0.2, -0.15) is 0 Å². The number of amides is 1. The molecule has 0 bridgehead atoms. The van der Waals surface area contributed by atoms with Gasteiger partial charge in [0.05, 0.1) is 11.7 Å². The van der Waals surface area contributed by atoms with Crippen LogP contribution in [0.2, 0.25) is 0 Å². The Hall–Kier alpha value is -2.33. The second kappa shape index (κ2) is 6.90. The van der Waals surface area contributed by atoms with Crippen molar-refractivity contribution in [3.8, 4) is 11.5 Å². The first-order valence-corrected chi connectivity index (χ1v) is 7.00. The highest BCUT2D eigenvalue weighted by molar-refractivity contribution is 5.95. The second-order valence-corrected chi connectivity index (χ2v) is 4.92. The first kappa shape index (κ1) is 15.1. The van der Waals surface area contributed by atoms with Crippen LogP contribution in [-0.4, -0.2) is 11.9 Å². The van der Waals surface area contributed by atoms with Crippen LogP contribution in [0.1, 0.15) is 18.9 Å². The average molecular weight is 284 g/mol. The summed E-state index contributed by atoms with van der Waals surface area (Å²) in [5, 5.41) is 2.81. The van der Waals surface area contributed by atoms with E-state index in [0.29, 0.717) is 17.9 Å². The average Bonchev–Trinajstić information content (AvgIpc) is 2.48. The predicted molar refractivity (Wildman–Crippen MR) is 84.6 cm³/mol. The van der Waals surface area contributed by atoms with E-state index in [-0.39, 0.29) is 5.91 Å². The number of hydrogen-bond donors (Lipinski definition) is 2. The molecule has 1 atom stereocenters. The molecule has 4 heteroatoms. The van der Waals surface area contributed by atoms with Crippen molar-refractivity contribution in [1.29, 1.82) is 0 Å². The number of para-hydroxylation sites is 2. The Bertz CT molecular complexity index is 626. The van der Waals surface area contributed by atoms with Gasteiger partial charge in [-0.15, -0.1) is 0 Å². The molecule has 0 saturated heterocycles. The normalized spacial score (nSPS) is 11.8. The lowest BCUT2D eigenvalue weighted by Crippen LogP contribution is -2.34. The van der Waals surface area contributed by atoms with E-state index in [1.54, 1.807) is 6.07 Å². The molecule has 2 rings (SSSR count). The third kappa shape index (κ3) is 4.07. The Morgan fingerprint density at radius 3 is 2.71 bits per heavy atom. The Labute approximate surface area is 124 Å². The molecule has 1 amide bonds. The molecule has 2 aromatic carbocycles. The van der Waals surface area contributed by atoms with Crippen LogP contribution < -0.4 is 15.8 Å². The van der Waals surface area contributed by atoms with Crippen molar-refractivity contribution in [1.82, 2.24) is 0 Å². The Balaban J connectivity index is 2.19. The van der Waals surface area contributed by atoms with E-state index < -0.39 is 6.04 Å². The van der Waals surface area contributed by atoms with Crippen molar-refractivity contribution in [2.24, 2.45) is 5.73 Å². The number of rotatable bonds is 5. The molecule has 0 fully saturated rings. The molecular weight excluding hydrogens is 264 g/mol. The van der Waals surface area contributed by atoms with Crippen molar-refractivity contribution in [3.05, 3.63) is 54.1 Å². The van der Waals surface area contributed by atoms with Crippen LogP contribution in [-0.2, 0) is 4.79 Å². The lowest BCUT2D eigenvalue weighted by Gasteiger charge is -2.14. The summed E-state index contributed by atoms with van der Waals surface area (Å²) < 4.78 is 5.85. The fourth-order valence-corrected chi connectivity index (χ4v) is 1.88. The van der Waals surface area contributed by atoms with Crippen LogP contribution in [0, 0.1) is 6.92 Å². The van der Waals surface area contributed by atoms with E-state index in [0.717, 1.165) is 11.3 Å². The molecule has 3 N–H and O–H groups in total. The molecule has 0 saturated carbocycles. The Kier molecular flexibility index (Phi) is 4.95. The third-order valence-corrected chi connectivity index (χ3v) is 3.14. The van der Waals surface area contributed by atoms with Gasteiger partial charge in [-0.05, 0) is 43.2 Å². The molecule has 0 unspecified atom stereocenters. The lowest BCUT2D eigenvalue weighted by molar-refractivity contribution is -0.117. The van der Waals surface area contributed by atoms with E-state index in [4.69, 9.17) is 10.5 Å². The van der Waals surface area contributed by atoms with Crippen molar-refractivity contribution in [2.75, 3.05) is 5.32 Å². The minimum Gasteiger partial charge on any atom is -0.455 e. The monoisotopic (exact) mass is 284 g/mol. The smallest absolute Gasteiger partial charge is 0.241 e. The highest BCUT2D eigenvalue weighted by Gasteiger charge is 2.13. The van der Waals surface area contributed by atoms with E-state index >= 15 is 0 Å². The summed E-state index contributed by atoms with van der Waals surface area (Å²) in [6.07, 6.45) is 0.590. The number of nitrogens with one attached hydrogen (secondary N) is 1. The fourth-order valence-electron chi connectivity index (χ4n) is 1.88. The number of ether oxygens (including phenoxy) is 1. The molecular formula is C17H20N2O2. The summed E-state index contributed by atoms with van der Waals surface area (Å²) >= 11 is 0. The first-order valence-electron chi connectivity index (χ1n) is 7.00. The number of nitrogens with two attached hydrogens (primary N) is 1. The van der Waals surface area contributed by atoms with Gasteiger partial charge in [0.2, 0.25) is 5.91 Å². The van der Waals surface area contributed by atoms with Crippen molar-refractivity contribution in [3.63, 3.8) is 0 Å². The molecule has 4 nitrogen and oxygen atoms in total. The quantitative estimate of drug-likeness (QED) is 0.883. The molecule has 21 heavy (non-hydrogen) atoms. The van der Waals surface area contributed by atoms with Gasteiger partial charge >= 0.3 is 0 Å². The zero-order valence-electron chi connectivity index (χ0n) is 12.3. The second-order valence-electron chi connectivity index (χ2n) is 4.92. The van der Waals surface area contributed by atoms with Gasteiger partial charge in [-0.1, -0.05) is 31.2 Å². The number of carbonyl (C=O) groups is 1. The molecule has 2 aromatic rings. The van der Waals surface area contributed by atoms with Gasteiger partial charge in [-0.25, -0.2) is 0 Å². The van der Waals surface area contributed by atoms with E-state index in [9.17, 15) is 4.79 Å². The largest absolute Gasteiger partial charge is 0.455 e. The topological polar surface area (TPSA) is 64.4 Å². The minimum absolute atomic E-state index is 0.210. The lowest BCUT2D eigenvalue weighted by atomic mass is 10.2. The summed E-state index contributed by atoms with van der Waals surface area (Å²) in [6, 6.07) is 14.5. The first-order chi connectivity index (χ1) is 10.1. The summed E-state index contributed by atoms with van der Waals surface area (Å²) in [5.41, 5.74) is 7.47. The van der Waals surface area contributed by atoms with E-state index in [2.05, 4.69) is 5.32 Å². The summed E-state index contributed by atoms with van der Waals surface area (Å²) in [4.78, 5) is 11.9. The van der Waals surface area contributed by atoms with Crippen molar-refractivity contribution in [2.45, 2.75) is 26.3 Å². The number of carbonyl (C=O) groups excluding carboxylic acids is 1. The molecule has 0 aliphatic carbocycles. The summed E-state index contributed by atoms with van der Waals surface area (Å²) in [5.74, 6) is 1.12. The zero-order valence-corrected chi connectivity index (χ0v) is 12.3. The van der Waals surface area contributed by atoms with Gasteiger partial charge in [0.15, 0.2) is 5.75 Å². The van der Waals surface area contributed by atoms with Crippen LogP contribution in [0.4, 0.5) is 5.69 Å². The number of hydrogen-bond acceptors (Lipinski definition) is 3. The highest BCUT2D eigenvalue weighted by Crippen LogP contribution is 2.29. The van der Waals surface area contributed by atoms with Crippen molar-refractivity contribution < 1.29 is 9.53 Å². The standard InChI is InChI=1S/C17H20N2O2/c1-3-14(18)17(20)19-15-9-4-5-10-16(15)21-13-8-6-7-12(2)11-13/h4-11,14H,3,18H2,1-2H3,(H,19,20)/t14-/m0/s1. The van der Waals surface area contributed by atoms with Crippen LogP contribution in [0.15, 0.2) is 48.5 Å². The fraction of sp³-hybridized carbons (Fsp3) is 0.235.